The first-order valence-corrected chi connectivity index (χ1v) is 16.3. The van der Waals surface area contributed by atoms with E-state index in [9.17, 15) is 0 Å². The van der Waals surface area contributed by atoms with E-state index in [-0.39, 0.29) is 0 Å². The summed E-state index contributed by atoms with van der Waals surface area (Å²) in [5, 5.41) is 0. The molecule has 2 atom stereocenters. The lowest BCUT2D eigenvalue weighted by atomic mass is 10.0. The molecule has 0 rings (SSSR count). The fourth-order valence-corrected chi connectivity index (χ4v) is 7.38. The van der Waals surface area contributed by atoms with Gasteiger partial charge in [-0.1, -0.05) is 124 Å². The Morgan fingerprint density at radius 2 is 0.800 bits per heavy atom. The van der Waals surface area contributed by atoms with Gasteiger partial charge in [0.05, 0.1) is 0 Å². The molecular formula is C27H58O2Si. The molecule has 0 heterocycles. The third kappa shape index (κ3) is 18.9. The minimum Gasteiger partial charge on any atom is -0.392 e. The van der Waals surface area contributed by atoms with Crippen LogP contribution < -0.4 is 0 Å². The molecule has 182 valence electrons. The molecule has 0 aliphatic carbocycles. The summed E-state index contributed by atoms with van der Waals surface area (Å²) in [4.78, 5) is 0. The zero-order chi connectivity index (χ0) is 22.5. The van der Waals surface area contributed by atoms with Crippen LogP contribution >= 0.6 is 0 Å². The van der Waals surface area contributed by atoms with Crippen molar-refractivity contribution in [3.8, 4) is 0 Å². The highest BCUT2D eigenvalue weighted by Crippen LogP contribution is 2.24. The van der Waals surface area contributed by atoms with Gasteiger partial charge in [0.1, 0.15) is 0 Å². The molecule has 0 aliphatic heterocycles. The standard InChI is InChI=1S/C27H58O2Si/c1-7-10-11-12-13-14-15-16-17-18-19-20-21-22-23-24-25-30(6,28-26(4)8-2)29-27(5)9-3/h26-27H,7-25H2,1-6H3. The van der Waals surface area contributed by atoms with Crippen molar-refractivity contribution in [2.24, 2.45) is 0 Å². The summed E-state index contributed by atoms with van der Waals surface area (Å²) in [6, 6.07) is 1.15. The maximum Gasteiger partial charge on any atom is 0.335 e. The van der Waals surface area contributed by atoms with Gasteiger partial charge in [-0.3, -0.25) is 0 Å². The van der Waals surface area contributed by atoms with Gasteiger partial charge in [0, 0.05) is 12.2 Å². The zero-order valence-corrected chi connectivity index (χ0v) is 22.9. The average molecular weight is 443 g/mol. The van der Waals surface area contributed by atoms with Crippen LogP contribution in [0.15, 0.2) is 0 Å². The van der Waals surface area contributed by atoms with E-state index in [1.807, 2.05) is 0 Å². The molecule has 0 aromatic heterocycles. The van der Waals surface area contributed by atoms with E-state index in [0.29, 0.717) is 12.2 Å². The quantitative estimate of drug-likeness (QED) is 0.116. The Kier molecular flexibility index (Phi) is 21.1. The van der Waals surface area contributed by atoms with Crippen molar-refractivity contribution in [2.75, 3.05) is 0 Å². The summed E-state index contributed by atoms with van der Waals surface area (Å²) in [7, 11) is -2.02. The highest BCUT2D eigenvalue weighted by Gasteiger charge is 2.34. The minimum absolute atomic E-state index is 0.326. The Bertz CT molecular complexity index is 336. The second-order valence-corrected chi connectivity index (χ2v) is 13.1. The van der Waals surface area contributed by atoms with Crippen LogP contribution in [-0.4, -0.2) is 20.8 Å². The molecule has 3 heteroatoms. The van der Waals surface area contributed by atoms with Crippen molar-refractivity contribution in [1.29, 1.82) is 0 Å². The van der Waals surface area contributed by atoms with Gasteiger partial charge in [0.25, 0.3) is 0 Å². The van der Waals surface area contributed by atoms with E-state index >= 15 is 0 Å². The Labute approximate surface area is 192 Å². The molecular weight excluding hydrogens is 384 g/mol. The highest BCUT2D eigenvalue weighted by molar-refractivity contribution is 6.66. The Hall–Kier alpha value is 0.137. The summed E-state index contributed by atoms with van der Waals surface area (Å²) in [5.41, 5.74) is 0. The molecule has 0 saturated heterocycles. The van der Waals surface area contributed by atoms with Gasteiger partial charge in [-0.25, -0.2) is 0 Å². The molecule has 2 nitrogen and oxygen atoms in total. The van der Waals surface area contributed by atoms with E-state index < -0.39 is 8.56 Å². The van der Waals surface area contributed by atoms with Gasteiger partial charge in [0.2, 0.25) is 0 Å². The van der Waals surface area contributed by atoms with E-state index in [2.05, 4.69) is 41.2 Å². The van der Waals surface area contributed by atoms with E-state index in [4.69, 9.17) is 8.85 Å². The van der Waals surface area contributed by atoms with E-state index in [0.717, 1.165) is 18.9 Å². The molecule has 2 unspecified atom stereocenters. The monoisotopic (exact) mass is 442 g/mol. The van der Waals surface area contributed by atoms with Crippen molar-refractivity contribution in [3.63, 3.8) is 0 Å². The molecule has 30 heavy (non-hydrogen) atoms. The van der Waals surface area contributed by atoms with Crippen molar-refractivity contribution in [3.05, 3.63) is 0 Å². The highest BCUT2D eigenvalue weighted by atomic mass is 28.4. The summed E-state index contributed by atoms with van der Waals surface area (Å²) >= 11 is 0. The fraction of sp³-hybridized carbons (Fsp3) is 1.00. The van der Waals surface area contributed by atoms with Crippen LogP contribution in [0.3, 0.4) is 0 Å². The molecule has 0 amide bonds. The molecule has 0 radical (unpaired) electrons. The first kappa shape index (κ1) is 30.1. The van der Waals surface area contributed by atoms with Gasteiger partial charge in [-0.2, -0.15) is 0 Å². The van der Waals surface area contributed by atoms with Crippen molar-refractivity contribution < 1.29 is 8.85 Å². The molecule has 0 bridgehead atoms. The third-order valence-electron chi connectivity index (χ3n) is 6.54. The van der Waals surface area contributed by atoms with Crippen LogP contribution in [-0.2, 0) is 8.85 Å². The number of unbranched alkanes of at least 4 members (excludes halogenated alkanes) is 15. The molecule has 0 aliphatic rings. The summed E-state index contributed by atoms with van der Waals surface area (Å²) in [6.07, 6.45) is 25.5. The largest absolute Gasteiger partial charge is 0.392 e. The van der Waals surface area contributed by atoms with Crippen LogP contribution in [0.25, 0.3) is 0 Å². The smallest absolute Gasteiger partial charge is 0.335 e. The van der Waals surface area contributed by atoms with Gasteiger partial charge in [-0.05, 0) is 39.3 Å². The molecule has 0 saturated carbocycles. The second kappa shape index (κ2) is 21.0. The van der Waals surface area contributed by atoms with E-state index in [1.54, 1.807) is 0 Å². The first-order chi connectivity index (χ1) is 14.5. The lowest BCUT2D eigenvalue weighted by Gasteiger charge is -2.32. The lowest BCUT2D eigenvalue weighted by Crippen LogP contribution is -2.43. The second-order valence-electron chi connectivity index (χ2n) is 9.86. The fourth-order valence-electron chi connectivity index (χ4n) is 4.16. The molecule has 0 aromatic rings. The maximum atomic E-state index is 6.40. The molecule has 0 spiro atoms. The number of rotatable bonds is 23. The topological polar surface area (TPSA) is 18.5 Å². The number of hydrogen-bond acceptors (Lipinski definition) is 2. The van der Waals surface area contributed by atoms with Crippen LogP contribution in [0, 0.1) is 0 Å². The van der Waals surface area contributed by atoms with Crippen LogP contribution in [0.4, 0.5) is 0 Å². The Morgan fingerprint density at radius 1 is 0.500 bits per heavy atom. The van der Waals surface area contributed by atoms with Crippen molar-refractivity contribution in [2.45, 2.75) is 175 Å². The van der Waals surface area contributed by atoms with Crippen molar-refractivity contribution in [1.82, 2.24) is 0 Å². The molecule has 0 aromatic carbocycles. The summed E-state index contributed by atoms with van der Waals surface area (Å²) in [5.74, 6) is 0. The van der Waals surface area contributed by atoms with Crippen LogP contribution in [0.5, 0.6) is 0 Å². The normalized spacial score (nSPS) is 15.8. The van der Waals surface area contributed by atoms with Gasteiger partial charge >= 0.3 is 8.56 Å². The van der Waals surface area contributed by atoms with Gasteiger partial charge in [-0.15, -0.1) is 0 Å². The van der Waals surface area contributed by atoms with Gasteiger partial charge in [0.15, 0.2) is 0 Å². The first-order valence-electron chi connectivity index (χ1n) is 13.8. The maximum absolute atomic E-state index is 6.40. The Morgan fingerprint density at radius 3 is 1.10 bits per heavy atom. The van der Waals surface area contributed by atoms with Crippen LogP contribution in [0.1, 0.15) is 150 Å². The predicted molar refractivity (Wildman–Crippen MR) is 138 cm³/mol. The molecule has 0 fully saturated rings. The molecule has 0 N–H and O–H groups in total. The summed E-state index contributed by atoms with van der Waals surface area (Å²) in [6.45, 7) is 13.4. The zero-order valence-electron chi connectivity index (χ0n) is 21.9. The number of hydrogen-bond donors (Lipinski definition) is 0. The minimum atomic E-state index is -2.02. The van der Waals surface area contributed by atoms with Crippen LogP contribution in [0.2, 0.25) is 12.6 Å². The predicted octanol–water partition coefficient (Wildman–Crippen LogP) is 9.95. The summed E-state index contributed by atoms with van der Waals surface area (Å²) < 4.78 is 12.8. The van der Waals surface area contributed by atoms with E-state index in [1.165, 1.54) is 103 Å². The SMILES string of the molecule is CCCCCCCCCCCCCCCCCC[Si](C)(OC(C)CC)OC(C)CC. The average Bonchev–Trinajstić information content (AvgIpc) is 2.73. The lowest BCUT2D eigenvalue weighted by molar-refractivity contribution is 0.0907. The third-order valence-corrected chi connectivity index (χ3v) is 9.60. The van der Waals surface area contributed by atoms with Gasteiger partial charge < -0.3 is 8.85 Å². The van der Waals surface area contributed by atoms with Crippen molar-refractivity contribution >= 4 is 8.56 Å². The Balaban J connectivity index is 3.61.